The summed E-state index contributed by atoms with van der Waals surface area (Å²) in [7, 11) is 2.11. The van der Waals surface area contributed by atoms with Gasteiger partial charge in [-0.25, -0.2) is 5.10 Å². The minimum atomic E-state index is 0.584. The Morgan fingerprint density at radius 2 is 2.11 bits per heavy atom. The predicted octanol–water partition coefficient (Wildman–Crippen LogP) is 1.81. The van der Waals surface area contributed by atoms with Gasteiger partial charge in [0.25, 0.3) is 0 Å². The molecule has 0 aromatic carbocycles. The Bertz CT molecular complexity index is 455. The molecule has 0 spiro atoms. The Kier molecular flexibility index (Phi) is 3.39. The summed E-state index contributed by atoms with van der Waals surface area (Å²) in [5.74, 6) is 1.00. The number of nitrogens with one attached hydrogen (secondary N) is 1. The number of nitrogens with zero attached hydrogens (tertiary/aromatic N) is 4. The van der Waals surface area contributed by atoms with Crippen molar-refractivity contribution >= 4 is 18.2 Å². The topological polar surface area (TPSA) is 40.1 Å². The number of hydrogen-bond acceptors (Lipinski definition) is 4. The number of aromatic amines is 1. The molecule has 0 unspecified atom stereocenters. The van der Waals surface area contributed by atoms with Crippen molar-refractivity contribution in [2.45, 2.75) is 31.7 Å². The molecule has 1 aromatic heterocycles. The Morgan fingerprint density at radius 1 is 1.39 bits per heavy atom. The average Bonchev–Trinajstić information content (AvgIpc) is 2.91. The maximum atomic E-state index is 5.31. The van der Waals surface area contributed by atoms with Crippen molar-refractivity contribution in [2.24, 2.45) is 0 Å². The van der Waals surface area contributed by atoms with E-state index in [9.17, 15) is 0 Å². The normalized spacial score (nSPS) is 20.5. The molecule has 5 nitrogen and oxygen atoms in total. The molecule has 1 saturated heterocycles. The van der Waals surface area contributed by atoms with Crippen molar-refractivity contribution in [3.05, 3.63) is 4.77 Å². The molecule has 6 heteroatoms. The molecular formula is C12H21N5S. The quantitative estimate of drug-likeness (QED) is 0.826. The third kappa shape index (κ3) is 2.44. The van der Waals surface area contributed by atoms with E-state index in [1.54, 1.807) is 0 Å². The van der Waals surface area contributed by atoms with E-state index in [1.807, 2.05) is 0 Å². The Balaban J connectivity index is 1.64. The van der Waals surface area contributed by atoms with Gasteiger partial charge in [-0.1, -0.05) is 0 Å². The standard InChI is InChI=1S/C12H21N5S/c1-15(8-9-16-6-2-3-7-16)11-13-14-12(18)17(11)10-4-5-10/h10H,2-9H2,1H3,(H,14,18). The molecule has 0 atom stereocenters. The minimum absolute atomic E-state index is 0.584. The SMILES string of the molecule is CN(CCN1CCCC1)c1n[nH]c(=S)n1C1CC1. The molecule has 3 rings (SSSR count). The molecule has 1 aliphatic carbocycles. The van der Waals surface area contributed by atoms with Crippen molar-refractivity contribution in [3.63, 3.8) is 0 Å². The molecule has 0 amide bonds. The molecular weight excluding hydrogens is 246 g/mol. The van der Waals surface area contributed by atoms with Gasteiger partial charge < -0.3 is 9.80 Å². The van der Waals surface area contributed by atoms with Crippen LogP contribution in [0.1, 0.15) is 31.7 Å². The van der Waals surface area contributed by atoms with Gasteiger partial charge in [-0.2, -0.15) is 0 Å². The number of likely N-dealkylation sites (tertiary alicyclic amines) is 1. The first-order valence-corrected chi connectivity index (χ1v) is 7.27. The second kappa shape index (κ2) is 5.01. The van der Waals surface area contributed by atoms with Gasteiger partial charge in [0.2, 0.25) is 5.95 Å². The lowest BCUT2D eigenvalue weighted by Crippen LogP contribution is -2.32. The third-order valence-corrected chi connectivity index (χ3v) is 4.18. The van der Waals surface area contributed by atoms with Gasteiger partial charge in [-0.15, -0.1) is 5.10 Å². The van der Waals surface area contributed by atoms with Gasteiger partial charge >= 0.3 is 0 Å². The summed E-state index contributed by atoms with van der Waals surface area (Å²) in [6, 6.07) is 0.584. The highest BCUT2D eigenvalue weighted by molar-refractivity contribution is 7.71. The molecule has 18 heavy (non-hydrogen) atoms. The summed E-state index contributed by atoms with van der Waals surface area (Å²) in [6.07, 6.45) is 5.18. The van der Waals surface area contributed by atoms with Crippen LogP contribution in [0.4, 0.5) is 5.95 Å². The van der Waals surface area contributed by atoms with Crippen LogP contribution in [0.5, 0.6) is 0 Å². The summed E-state index contributed by atoms with van der Waals surface area (Å²) >= 11 is 5.31. The van der Waals surface area contributed by atoms with Crippen LogP contribution in [0.2, 0.25) is 0 Å². The Morgan fingerprint density at radius 3 is 2.78 bits per heavy atom. The monoisotopic (exact) mass is 267 g/mol. The second-order valence-electron chi connectivity index (χ2n) is 5.40. The van der Waals surface area contributed by atoms with E-state index in [2.05, 4.69) is 31.6 Å². The fraction of sp³-hybridized carbons (Fsp3) is 0.833. The molecule has 1 N–H and O–H groups in total. The van der Waals surface area contributed by atoms with Gasteiger partial charge in [0.05, 0.1) is 0 Å². The van der Waals surface area contributed by atoms with Crippen LogP contribution in [0.3, 0.4) is 0 Å². The molecule has 2 heterocycles. The fourth-order valence-electron chi connectivity index (χ4n) is 2.63. The maximum absolute atomic E-state index is 5.31. The van der Waals surface area contributed by atoms with Gasteiger partial charge in [0.1, 0.15) is 0 Å². The van der Waals surface area contributed by atoms with Crippen molar-refractivity contribution in [1.29, 1.82) is 0 Å². The zero-order valence-electron chi connectivity index (χ0n) is 10.9. The van der Waals surface area contributed by atoms with Crippen LogP contribution in [0.25, 0.3) is 0 Å². The van der Waals surface area contributed by atoms with E-state index in [4.69, 9.17) is 12.2 Å². The van der Waals surface area contributed by atoms with Gasteiger partial charge in [-0.3, -0.25) is 4.57 Å². The highest BCUT2D eigenvalue weighted by Gasteiger charge is 2.28. The molecule has 1 aromatic rings. The lowest BCUT2D eigenvalue weighted by atomic mass is 10.4. The largest absolute Gasteiger partial charge is 0.343 e. The third-order valence-electron chi connectivity index (χ3n) is 3.89. The number of likely N-dealkylation sites (N-methyl/N-ethyl adjacent to an activating group) is 1. The highest BCUT2D eigenvalue weighted by Crippen LogP contribution is 2.37. The summed E-state index contributed by atoms with van der Waals surface area (Å²) in [4.78, 5) is 4.75. The molecule has 0 radical (unpaired) electrons. The first-order chi connectivity index (χ1) is 8.75. The predicted molar refractivity (Wildman–Crippen MR) is 74.6 cm³/mol. The maximum Gasteiger partial charge on any atom is 0.225 e. The smallest absolute Gasteiger partial charge is 0.225 e. The number of hydrogen-bond donors (Lipinski definition) is 1. The molecule has 2 fully saturated rings. The highest BCUT2D eigenvalue weighted by atomic mass is 32.1. The van der Waals surface area contributed by atoms with Crippen LogP contribution in [-0.4, -0.2) is 52.9 Å². The molecule has 2 aliphatic rings. The van der Waals surface area contributed by atoms with Crippen molar-refractivity contribution in [1.82, 2.24) is 19.7 Å². The summed E-state index contributed by atoms with van der Waals surface area (Å²) in [5, 5.41) is 7.30. The zero-order valence-corrected chi connectivity index (χ0v) is 11.7. The first-order valence-electron chi connectivity index (χ1n) is 6.86. The van der Waals surface area contributed by atoms with Crippen LogP contribution < -0.4 is 4.90 Å². The Labute approximate surface area is 113 Å². The average molecular weight is 267 g/mol. The minimum Gasteiger partial charge on any atom is -0.343 e. The van der Waals surface area contributed by atoms with E-state index < -0.39 is 0 Å². The first kappa shape index (κ1) is 12.2. The fourth-order valence-corrected chi connectivity index (χ4v) is 2.90. The number of H-pyrrole nitrogens is 1. The van der Waals surface area contributed by atoms with E-state index in [1.165, 1.54) is 38.8 Å². The lowest BCUT2D eigenvalue weighted by Gasteiger charge is -2.22. The zero-order chi connectivity index (χ0) is 12.5. The summed E-state index contributed by atoms with van der Waals surface area (Å²) in [5.41, 5.74) is 0. The van der Waals surface area contributed by atoms with E-state index in [0.29, 0.717) is 6.04 Å². The molecule has 0 bridgehead atoms. The van der Waals surface area contributed by atoms with Crippen molar-refractivity contribution in [3.8, 4) is 0 Å². The van der Waals surface area contributed by atoms with Crippen LogP contribution in [-0.2, 0) is 0 Å². The van der Waals surface area contributed by atoms with Crippen LogP contribution in [0.15, 0.2) is 0 Å². The van der Waals surface area contributed by atoms with E-state index in [0.717, 1.165) is 23.8 Å². The number of anilines is 1. The molecule has 1 aliphatic heterocycles. The van der Waals surface area contributed by atoms with Crippen molar-refractivity contribution in [2.75, 3.05) is 38.1 Å². The summed E-state index contributed by atoms with van der Waals surface area (Å²) < 4.78 is 2.94. The van der Waals surface area contributed by atoms with Gasteiger partial charge in [0.15, 0.2) is 4.77 Å². The second-order valence-corrected chi connectivity index (χ2v) is 5.79. The van der Waals surface area contributed by atoms with E-state index >= 15 is 0 Å². The van der Waals surface area contributed by atoms with Gasteiger partial charge in [-0.05, 0) is 51.0 Å². The van der Waals surface area contributed by atoms with Crippen LogP contribution >= 0.6 is 12.2 Å². The molecule has 100 valence electrons. The lowest BCUT2D eigenvalue weighted by molar-refractivity contribution is 0.345. The van der Waals surface area contributed by atoms with E-state index in [-0.39, 0.29) is 0 Å². The van der Waals surface area contributed by atoms with Crippen LogP contribution in [0, 0.1) is 4.77 Å². The Hall–Kier alpha value is -0.880. The number of aromatic nitrogens is 3. The van der Waals surface area contributed by atoms with Crippen molar-refractivity contribution < 1.29 is 0 Å². The molecule has 1 saturated carbocycles. The summed E-state index contributed by atoms with van der Waals surface area (Å²) in [6.45, 7) is 4.65. The van der Waals surface area contributed by atoms with Gasteiger partial charge in [0, 0.05) is 26.2 Å². The number of rotatable bonds is 5.